The fourth-order valence-corrected chi connectivity index (χ4v) is 2.01. The van der Waals surface area contributed by atoms with Crippen LogP contribution in [0.4, 0.5) is 10.1 Å². The van der Waals surface area contributed by atoms with Crippen molar-refractivity contribution in [3.63, 3.8) is 0 Å². The summed E-state index contributed by atoms with van der Waals surface area (Å²) >= 11 is 3.04. The van der Waals surface area contributed by atoms with Gasteiger partial charge in [0.15, 0.2) is 0 Å². The number of amides is 1. The SMILES string of the molecule is Cc1ccc(NC(=O)c2cccc(F)c2Br)cc1O. The van der Waals surface area contributed by atoms with Crippen molar-refractivity contribution >= 4 is 27.5 Å². The van der Waals surface area contributed by atoms with Crippen LogP contribution in [-0.2, 0) is 0 Å². The molecule has 0 saturated carbocycles. The number of aryl methyl sites for hydroxylation is 1. The molecule has 0 aliphatic rings. The van der Waals surface area contributed by atoms with E-state index in [1.165, 1.54) is 24.3 Å². The maximum atomic E-state index is 13.3. The van der Waals surface area contributed by atoms with Crippen LogP contribution in [0.2, 0.25) is 0 Å². The number of phenols is 1. The first-order valence-corrected chi connectivity index (χ1v) is 6.33. The molecule has 98 valence electrons. The van der Waals surface area contributed by atoms with E-state index in [2.05, 4.69) is 21.2 Å². The molecule has 2 aromatic carbocycles. The van der Waals surface area contributed by atoms with Gasteiger partial charge in [0.05, 0.1) is 10.0 Å². The minimum Gasteiger partial charge on any atom is -0.508 e. The Kier molecular flexibility index (Phi) is 3.85. The first kappa shape index (κ1) is 13.5. The molecule has 0 radical (unpaired) electrons. The van der Waals surface area contributed by atoms with Crippen LogP contribution >= 0.6 is 15.9 Å². The van der Waals surface area contributed by atoms with Crippen LogP contribution in [0.25, 0.3) is 0 Å². The van der Waals surface area contributed by atoms with Crippen LogP contribution in [0.15, 0.2) is 40.9 Å². The Bertz CT molecular complexity index is 643. The van der Waals surface area contributed by atoms with E-state index in [4.69, 9.17) is 0 Å². The quantitative estimate of drug-likeness (QED) is 0.881. The van der Waals surface area contributed by atoms with Crippen LogP contribution in [-0.4, -0.2) is 11.0 Å². The van der Waals surface area contributed by atoms with Crippen LogP contribution < -0.4 is 5.32 Å². The molecule has 2 rings (SSSR count). The summed E-state index contributed by atoms with van der Waals surface area (Å²) in [4.78, 5) is 12.0. The number of aromatic hydroxyl groups is 1. The molecule has 0 spiro atoms. The second-order valence-corrected chi connectivity index (χ2v) is 4.85. The molecule has 3 nitrogen and oxygen atoms in total. The molecule has 0 aliphatic heterocycles. The van der Waals surface area contributed by atoms with Gasteiger partial charge in [-0.1, -0.05) is 12.1 Å². The van der Waals surface area contributed by atoms with Crippen LogP contribution in [0.3, 0.4) is 0 Å². The monoisotopic (exact) mass is 323 g/mol. The van der Waals surface area contributed by atoms with Crippen LogP contribution in [0.5, 0.6) is 5.75 Å². The number of hydrogen-bond acceptors (Lipinski definition) is 2. The molecule has 5 heteroatoms. The number of benzene rings is 2. The van der Waals surface area contributed by atoms with Gasteiger partial charge in [-0.05, 0) is 46.6 Å². The lowest BCUT2D eigenvalue weighted by atomic mass is 10.1. The standard InChI is InChI=1S/C14H11BrFNO2/c1-8-5-6-9(7-12(8)18)17-14(19)10-3-2-4-11(16)13(10)15/h2-7,18H,1H3,(H,17,19). The van der Waals surface area contributed by atoms with Gasteiger partial charge in [0.1, 0.15) is 11.6 Å². The highest BCUT2D eigenvalue weighted by molar-refractivity contribution is 9.10. The Labute approximate surface area is 118 Å². The summed E-state index contributed by atoms with van der Waals surface area (Å²) < 4.78 is 13.4. The zero-order valence-corrected chi connectivity index (χ0v) is 11.7. The Morgan fingerprint density at radius 3 is 2.74 bits per heavy atom. The van der Waals surface area contributed by atoms with Crippen molar-refractivity contribution in [2.45, 2.75) is 6.92 Å². The van der Waals surface area contributed by atoms with Gasteiger partial charge in [-0.15, -0.1) is 0 Å². The molecule has 0 unspecified atom stereocenters. The zero-order valence-electron chi connectivity index (χ0n) is 10.1. The molecule has 2 aromatic rings. The molecule has 0 aromatic heterocycles. The number of nitrogens with one attached hydrogen (secondary N) is 1. The highest BCUT2D eigenvalue weighted by Crippen LogP contribution is 2.24. The molecular formula is C14H11BrFNO2. The smallest absolute Gasteiger partial charge is 0.256 e. The summed E-state index contributed by atoms with van der Waals surface area (Å²) in [5.41, 5.74) is 1.36. The van der Waals surface area contributed by atoms with E-state index in [1.807, 2.05) is 0 Å². The highest BCUT2D eigenvalue weighted by Gasteiger charge is 2.13. The zero-order chi connectivity index (χ0) is 14.0. The first-order valence-electron chi connectivity index (χ1n) is 5.54. The largest absolute Gasteiger partial charge is 0.508 e. The summed E-state index contributed by atoms with van der Waals surface area (Å²) in [6, 6.07) is 9.03. The van der Waals surface area contributed by atoms with Gasteiger partial charge in [0, 0.05) is 11.8 Å². The molecule has 0 saturated heterocycles. The Balaban J connectivity index is 2.26. The Morgan fingerprint density at radius 2 is 2.05 bits per heavy atom. The normalized spacial score (nSPS) is 10.3. The summed E-state index contributed by atoms with van der Waals surface area (Å²) in [7, 11) is 0. The molecular weight excluding hydrogens is 313 g/mol. The van der Waals surface area contributed by atoms with E-state index in [0.717, 1.165) is 0 Å². The molecule has 1 amide bonds. The van der Waals surface area contributed by atoms with Gasteiger partial charge in [0.2, 0.25) is 0 Å². The lowest BCUT2D eigenvalue weighted by Gasteiger charge is -2.08. The van der Waals surface area contributed by atoms with Crippen LogP contribution in [0.1, 0.15) is 15.9 Å². The average molecular weight is 324 g/mol. The Hall–Kier alpha value is -1.88. The number of anilines is 1. The lowest BCUT2D eigenvalue weighted by Crippen LogP contribution is -2.13. The average Bonchev–Trinajstić information content (AvgIpc) is 2.37. The van der Waals surface area contributed by atoms with Crippen molar-refractivity contribution in [2.75, 3.05) is 5.32 Å². The van der Waals surface area contributed by atoms with Crippen molar-refractivity contribution in [2.24, 2.45) is 0 Å². The number of phenolic OH excluding ortho intramolecular Hbond substituents is 1. The van der Waals surface area contributed by atoms with Crippen molar-refractivity contribution in [1.82, 2.24) is 0 Å². The van der Waals surface area contributed by atoms with Gasteiger partial charge in [-0.2, -0.15) is 0 Å². The van der Waals surface area contributed by atoms with Gasteiger partial charge in [0.25, 0.3) is 5.91 Å². The third-order valence-corrected chi connectivity index (χ3v) is 3.47. The van der Waals surface area contributed by atoms with E-state index < -0.39 is 11.7 Å². The number of carbonyl (C=O) groups excluding carboxylic acids is 1. The van der Waals surface area contributed by atoms with E-state index >= 15 is 0 Å². The van der Waals surface area contributed by atoms with E-state index in [0.29, 0.717) is 11.3 Å². The fraction of sp³-hybridized carbons (Fsp3) is 0.0714. The number of rotatable bonds is 2. The van der Waals surface area contributed by atoms with Gasteiger partial charge >= 0.3 is 0 Å². The molecule has 0 fully saturated rings. The molecule has 0 aliphatic carbocycles. The number of hydrogen-bond donors (Lipinski definition) is 2. The maximum absolute atomic E-state index is 13.3. The lowest BCUT2D eigenvalue weighted by molar-refractivity contribution is 0.102. The third kappa shape index (κ3) is 2.93. The third-order valence-electron chi connectivity index (χ3n) is 2.66. The molecule has 19 heavy (non-hydrogen) atoms. The van der Waals surface area contributed by atoms with E-state index in [1.54, 1.807) is 19.1 Å². The minimum absolute atomic E-state index is 0.0936. The predicted molar refractivity (Wildman–Crippen MR) is 74.9 cm³/mol. The van der Waals surface area contributed by atoms with Gasteiger partial charge in [-0.25, -0.2) is 4.39 Å². The van der Waals surface area contributed by atoms with E-state index in [9.17, 15) is 14.3 Å². The van der Waals surface area contributed by atoms with Crippen molar-refractivity contribution < 1.29 is 14.3 Å². The summed E-state index contributed by atoms with van der Waals surface area (Å²) in [5.74, 6) is -0.856. The first-order chi connectivity index (χ1) is 8.99. The van der Waals surface area contributed by atoms with Gasteiger partial charge in [-0.3, -0.25) is 4.79 Å². The topological polar surface area (TPSA) is 49.3 Å². The summed E-state index contributed by atoms with van der Waals surface area (Å²) in [5, 5.41) is 12.2. The molecule has 0 bridgehead atoms. The minimum atomic E-state index is -0.501. The number of halogens is 2. The summed E-state index contributed by atoms with van der Waals surface area (Å²) in [6.07, 6.45) is 0. The number of carbonyl (C=O) groups is 1. The molecule has 0 atom stereocenters. The Morgan fingerprint density at radius 1 is 1.32 bits per heavy atom. The van der Waals surface area contributed by atoms with Crippen molar-refractivity contribution in [3.8, 4) is 5.75 Å². The second kappa shape index (κ2) is 5.40. The van der Waals surface area contributed by atoms with Crippen LogP contribution in [0, 0.1) is 12.7 Å². The molecule has 0 heterocycles. The fourth-order valence-electron chi connectivity index (χ4n) is 1.56. The summed E-state index contributed by atoms with van der Waals surface area (Å²) in [6.45, 7) is 1.75. The predicted octanol–water partition coefficient (Wildman–Crippen LogP) is 3.85. The van der Waals surface area contributed by atoms with Gasteiger partial charge < -0.3 is 10.4 Å². The van der Waals surface area contributed by atoms with Crippen molar-refractivity contribution in [3.05, 3.63) is 57.8 Å². The van der Waals surface area contributed by atoms with Crippen molar-refractivity contribution in [1.29, 1.82) is 0 Å². The molecule has 2 N–H and O–H groups in total. The second-order valence-electron chi connectivity index (χ2n) is 4.06. The maximum Gasteiger partial charge on any atom is 0.256 e. The highest BCUT2D eigenvalue weighted by atomic mass is 79.9. The van der Waals surface area contributed by atoms with E-state index in [-0.39, 0.29) is 15.8 Å².